The van der Waals surface area contributed by atoms with E-state index in [0.29, 0.717) is 10.8 Å². The second-order valence-electron chi connectivity index (χ2n) is 2.50. The SMILES string of the molecule is O=C(Nc1ncccn1)c1cccs1.[Cl-]. The smallest absolute Gasteiger partial charge is 0.268 e. The van der Waals surface area contributed by atoms with E-state index in [1.54, 1.807) is 24.5 Å². The van der Waals surface area contributed by atoms with Gasteiger partial charge in [0.2, 0.25) is 5.95 Å². The molecule has 0 aliphatic heterocycles. The molecule has 2 aromatic rings. The van der Waals surface area contributed by atoms with Crippen LogP contribution in [0.1, 0.15) is 9.67 Å². The Kier molecular flexibility index (Phi) is 4.20. The van der Waals surface area contributed by atoms with E-state index in [1.165, 1.54) is 11.3 Å². The molecule has 4 nitrogen and oxygen atoms in total. The molecule has 1 amide bonds. The number of hydrogen-bond donors (Lipinski definition) is 1. The topological polar surface area (TPSA) is 54.9 Å². The summed E-state index contributed by atoms with van der Waals surface area (Å²) in [7, 11) is 0. The van der Waals surface area contributed by atoms with Crippen molar-refractivity contribution in [2.75, 3.05) is 5.32 Å². The minimum Gasteiger partial charge on any atom is -1.00 e. The van der Waals surface area contributed by atoms with Crippen LogP contribution in [-0.4, -0.2) is 15.9 Å². The first-order chi connectivity index (χ1) is 6.86. The van der Waals surface area contributed by atoms with Crippen molar-refractivity contribution in [2.24, 2.45) is 0 Å². The van der Waals surface area contributed by atoms with Gasteiger partial charge in [0.05, 0.1) is 4.88 Å². The summed E-state index contributed by atoms with van der Waals surface area (Å²) >= 11 is 1.38. The highest BCUT2D eigenvalue weighted by Gasteiger charge is 2.06. The predicted octanol–water partition coefficient (Wildman–Crippen LogP) is -1.21. The fourth-order valence-electron chi connectivity index (χ4n) is 0.935. The number of thiophene rings is 1. The number of amides is 1. The van der Waals surface area contributed by atoms with E-state index >= 15 is 0 Å². The molecular formula is C9H7ClN3OS-. The third-order valence-electron chi connectivity index (χ3n) is 1.54. The molecule has 1 N–H and O–H groups in total. The Balaban J connectivity index is 0.00000112. The molecule has 2 aromatic heterocycles. The summed E-state index contributed by atoms with van der Waals surface area (Å²) in [5.41, 5.74) is 0. The quantitative estimate of drug-likeness (QED) is 0.717. The van der Waals surface area contributed by atoms with E-state index in [0.717, 1.165) is 0 Å². The highest BCUT2D eigenvalue weighted by atomic mass is 35.5. The molecular weight excluding hydrogens is 234 g/mol. The largest absolute Gasteiger partial charge is 1.00 e. The first-order valence-electron chi connectivity index (χ1n) is 3.98. The van der Waals surface area contributed by atoms with Crippen LogP contribution < -0.4 is 17.7 Å². The van der Waals surface area contributed by atoms with Gasteiger partial charge in [-0.15, -0.1) is 11.3 Å². The summed E-state index contributed by atoms with van der Waals surface area (Å²) < 4.78 is 0. The van der Waals surface area contributed by atoms with Crippen molar-refractivity contribution in [3.63, 3.8) is 0 Å². The molecule has 15 heavy (non-hydrogen) atoms. The molecule has 0 aromatic carbocycles. The van der Waals surface area contributed by atoms with Gasteiger partial charge < -0.3 is 12.4 Å². The maximum atomic E-state index is 11.5. The highest BCUT2D eigenvalue weighted by Crippen LogP contribution is 2.09. The van der Waals surface area contributed by atoms with Crippen LogP contribution in [0.3, 0.4) is 0 Å². The summed E-state index contributed by atoms with van der Waals surface area (Å²) in [6, 6.07) is 5.27. The Bertz CT molecular complexity index is 418. The van der Waals surface area contributed by atoms with Crippen molar-refractivity contribution in [3.8, 4) is 0 Å². The molecule has 0 atom stereocenters. The van der Waals surface area contributed by atoms with Gasteiger partial charge in [0.15, 0.2) is 0 Å². The molecule has 6 heteroatoms. The van der Waals surface area contributed by atoms with E-state index in [2.05, 4.69) is 15.3 Å². The molecule has 0 bridgehead atoms. The Morgan fingerprint density at radius 3 is 2.60 bits per heavy atom. The van der Waals surface area contributed by atoms with Gasteiger partial charge in [-0.1, -0.05) is 6.07 Å². The van der Waals surface area contributed by atoms with Gasteiger partial charge in [-0.25, -0.2) is 9.97 Å². The lowest BCUT2D eigenvalue weighted by molar-refractivity contribution is -0.0000107. The molecule has 0 spiro atoms. The Morgan fingerprint density at radius 2 is 2.00 bits per heavy atom. The van der Waals surface area contributed by atoms with Gasteiger partial charge in [0.25, 0.3) is 5.91 Å². The van der Waals surface area contributed by atoms with E-state index < -0.39 is 0 Å². The number of carbonyl (C=O) groups is 1. The highest BCUT2D eigenvalue weighted by molar-refractivity contribution is 7.12. The zero-order valence-corrected chi connectivity index (χ0v) is 9.13. The van der Waals surface area contributed by atoms with Gasteiger partial charge in [-0.3, -0.25) is 10.1 Å². The van der Waals surface area contributed by atoms with E-state index in [4.69, 9.17) is 0 Å². The minimum absolute atomic E-state index is 0. The molecule has 0 aliphatic rings. The summed E-state index contributed by atoms with van der Waals surface area (Å²) in [6.45, 7) is 0. The van der Waals surface area contributed by atoms with E-state index in [-0.39, 0.29) is 18.3 Å². The van der Waals surface area contributed by atoms with Gasteiger partial charge >= 0.3 is 0 Å². The zero-order valence-electron chi connectivity index (χ0n) is 7.55. The van der Waals surface area contributed by atoms with Crippen LogP contribution in [-0.2, 0) is 0 Å². The fourth-order valence-corrected chi connectivity index (χ4v) is 1.55. The normalized spacial score (nSPS) is 9.07. The van der Waals surface area contributed by atoms with Crippen LogP contribution in [0.15, 0.2) is 36.0 Å². The minimum atomic E-state index is -0.175. The molecule has 2 heterocycles. The first kappa shape index (κ1) is 11.6. The number of carbonyl (C=O) groups excluding carboxylic acids is 1. The second-order valence-corrected chi connectivity index (χ2v) is 3.45. The van der Waals surface area contributed by atoms with Crippen LogP contribution in [0.4, 0.5) is 5.95 Å². The molecule has 78 valence electrons. The summed E-state index contributed by atoms with van der Waals surface area (Å²) in [5, 5.41) is 4.44. The fraction of sp³-hybridized carbons (Fsp3) is 0. The Morgan fingerprint density at radius 1 is 1.27 bits per heavy atom. The van der Waals surface area contributed by atoms with Crippen molar-refractivity contribution in [1.82, 2.24) is 9.97 Å². The summed E-state index contributed by atoms with van der Waals surface area (Å²) in [5.74, 6) is 0.150. The van der Waals surface area contributed by atoms with Crippen LogP contribution in [0.2, 0.25) is 0 Å². The van der Waals surface area contributed by atoms with Crippen molar-refractivity contribution in [2.45, 2.75) is 0 Å². The number of nitrogens with one attached hydrogen (secondary N) is 1. The van der Waals surface area contributed by atoms with Gasteiger partial charge in [0, 0.05) is 12.4 Å². The second kappa shape index (κ2) is 5.43. The van der Waals surface area contributed by atoms with E-state index in [9.17, 15) is 4.79 Å². The molecule has 0 radical (unpaired) electrons. The van der Waals surface area contributed by atoms with Crippen molar-refractivity contribution >= 4 is 23.2 Å². The van der Waals surface area contributed by atoms with Crippen molar-refractivity contribution in [1.29, 1.82) is 0 Å². The predicted molar refractivity (Wildman–Crippen MR) is 54.3 cm³/mol. The summed E-state index contributed by atoms with van der Waals surface area (Å²) in [4.78, 5) is 19.9. The number of hydrogen-bond acceptors (Lipinski definition) is 4. The average molecular weight is 241 g/mol. The van der Waals surface area contributed by atoms with Gasteiger partial charge in [-0.2, -0.15) is 0 Å². The number of aromatic nitrogens is 2. The lowest BCUT2D eigenvalue weighted by Gasteiger charge is -1.99. The van der Waals surface area contributed by atoms with Crippen LogP contribution in [0, 0.1) is 0 Å². The third kappa shape index (κ3) is 3.00. The maximum Gasteiger partial charge on any atom is 0.268 e. The maximum absolute atomic E-state index is 11.5. The molecule has 0 saturated heterocycles. The lowest BCUT2D eigenvalue weighted by Crippen LogP contribution is -3.00. The third-order valence-corrected chi connectivity index (χ3v) is 2.40. The summed E-state index contributed by atoms with van der Waals surface area (Å²) in [6.07, 6.45) is 3.16. The average Bonchev–Trinajstić information content (AvgIpc) is 2.72. The van der Waals surface area contributed by atoms with Crippen LogP contribution in [0.25, 0.3) is 0 Å². The first-order valence-corrected chi connectivity index (χ1v) is 4.86. The van der Waals surface area contributed by atoms with Crippen molar-refractivity contribution < 1.29 is 17.2 Å². The molecule has 2 rings (SSSR count). The molecule has 0 fully saturated rings. The van der Waals surface area contributed by atoms with Gasteiger partial charge in [0.1, 0.15) is 0 Å². The zero-order chi connectivity index (χ0) is 9.80. The monoisotopic (exact) mass is 240 g/mol. The van der Waals surface area contributed by atoms with Crippen molar-refractivity contribution in [3.05, 3.63) is 40.8 Å². The number of rotatable bonds is 2. The molecule has 0 saturated carbocycles. The van der Waals surface area contributed by atoms with Crippen LogP contribution in [0.5, 0.6) is 0 Å². The number of anilines is 1. The Hall–Kier alpha value is -1.46. The Labute approximate surface area is 96.8 Å². The van der Waals surface area contributed by atoms with Gasteiger partial charge in [-0.05, 0) is 17.5 Å². The molecule has 0 aliphatic carbocycles. The van der Waals surface area contributed by atoms with Crippen LogP contribution >= 0.6 is 11.3 Å². The standard InChI is InChI=1S/C9H7N3OS.ClH/c13-8(7-3-1-6-14-7)12-9-10-4-2-5-11-9;/h1-6H,(H,10,11,12,13);1H/p-1. The van der Waals surface area contributed by atoms with E-state index in [1.807, 2.05) is 11.4 Å². The number of nitrogens with zero attached hydrogens (tertiary/aromatic N) is 2. The lowest BCUT2D eigenvalue weighted by atomic mass is 10.4. The number of halogens is 1. The molecule has 0 unspecified atom stereocenters.